The van der Waals surface area contributed by atoms with E-state index in [-0.39, 0.29) is 0 Å². The predicted molar refractivity (Wildman–Crippen MR) is 37.8 cm³/mol. The zero-order valence-electron chi connectivity index (χ0n) is 6.37. The van der Waals surface area contributed by atoms with Crippen molar-refractivity contribution in [3.8, 4) is 0 Å². The van der Waals surface area contributed by atoms with Crippen LogP contribution in [0.15, 0.2) is 0 Å². The summed E-state index contributed by atoms with van der Waals surface area (Å²) in [6.45, 7) is -1.71. The number of carbonyl (C=O) groups is 1. The summed E-state index contributed by atoms with van der Waals surface area (Å²) in [4.78, 5) is 10.9. The smallest absolute Gasteiger partial charge is 0.232 e. The van der Waals surface area contributed by atoms with Gasteiger partial charge in [-0.05, 0) is 0 Å². The van der Waals surface area contributed by atoms with Crippen LogP contribution in [0.4, 0.5) is 0 Å². The number of hydrogen-bond donors (Lipinski definition) is 4. The molecule has 5 heteroatoms. The van der Waals surface area contributed by atoms with E-state index in [1.807, 2.05) is 0 Å². The van der Waals surface area contributed by atoms with E-state index >= 15 is 0 Å². The van der Waals surface area contributed by atoms with Crippen LogP contribution in [-0.2, 0) is 4.79 Å². The Balaban J connectivity index is 4.39. The van der Waals surface area contributed by atoms with E-state index in [1.165, 1.54) is 7.05 Å². The molecule has 0 rings (SSSR count). The summed E-state index contributed by atoms with van der Waals surface area (Å²) in [6, 6.07) is 0. The molecule has 0 aliphatic carbocycles. The summed E-state index contributed by atoms with van der Waals surface area (Å²) < 4.78 is 0. The van der Waals surface area contributed by atoms with Crippen molar-refractivity contribution in [2.24, 2.45) is 5.41 Å². The van der Waals surface area contributed by atoms with Crippen LogP contribution in [0.25, 0.3) is 0 Å². The highest BCUT2D eigenvalue weighted by Crippen LogP contribution is 2.13. The van der Waals surface area contributed by atoms with Crippen molar-refractivity contribution in [3.05, 3.63) is 0 Å². The third-order valence-corrected chi connectivity index (χ3v) is 1.62. The maximum atomic E-state index is 10.9. The summed E-state index contributed by atoms with van der Waals surface area (Å²) in [7, 11) is 1.37. The Kier molecular flexibility index (Phi) is 4.02. The zero-order chi connectivity index (χ0) is 8.91. The van der Waals surface area contributed by atoms with Crippen LogP contribution >= 0.6 is 0 Å². The lowest BCUT2D eigenvalue weighted by molar-refractivity contribution is -0.139. The minimum Gasteiger partial charge on any atom is -0.395 e. The highest BCUT2D eigenvalue weighted by atomic mass is 16.3. The van der Waals surface area contributed by atoms with Gasteiger partial charge in [0, 0.05) is 7.05 Å². The Labute approximate surface area is 64.7 Å². The topological polar surface area (TPSA) is 89.8 Å². The maximum Gasteiger partial charge on any atom is 0.232 e. The number of aliphatic hydroxyl groups is 3. The average molecular weight is 163 g/mol. The highest BCUT2D eigenvalue weighted by molar-refractivity contribution is 5.82. The molecule has 0 spiro atoms. The molecule has 0 fully saturated rings. The van der Waals surface area contributed by atoms with Gasteiger partial charge in [0.1, 0.15) is 5.41 Å². The van der Waals surface area contributed by atoms with Crippen molar-refractivity contribution < 1.29 is 20.1 Å². The molecule has 1 amide bonds. The Morgan fingerprint density at radius 3 is 1.73 bits per heavy atom. The number of nitrogens with one attached hydrogen (secondary N) is 1. The van der Waals surface area contributed by atoms with E-state index in [0.717, 1.165) is 0 Å². The molecule has 0 atom stereocenters. The van der Waals surface area contributed by atoms with Crippen LogP contribution in [0.2, 0.25) is 0 Å². The Bertz CT molecular complexity index is 124. The van der Waals surface area contributed by atoms with Gasteiger partial charge < -0.3 is 20.6 Å². The van der Waals surface area contributed by atoms with Crippen LogP contribution in [0.3, 0.4) is 0 Å². The van der Waals surface area contributed by atoms with Crippen molar-refractivity contribution in [2.75, 3.05) is 26.9 Å². The molecular formula is C6H13NO4. The molecule has 0 aliphatic heterocycles. The molecule has 0 aliphatic rings. The molecule has 0 aromatic carbocycles. The molecule has 0 bridgehead atoms. The first-order chi connectivity index (χ1) is 5.16. The third-order valence-electron chi connectivity index (χ3n) is 1.62. The van der Waals surface area contributed by atoms with Crippen LogP contribution < -0.4 is 5.32 Å². The van der Waals surface area contributed by atoms with Crippen molar-refractivity contribution in [3.63, 3.8) is 0 Å². The second kappa shape index (κ2) is 4.27. The van der Waals surface area contributed by atoms with E-state index in [2.05, 4.69) is 5.32 Å². The molecule has 0 unspecified atom stereocenters. The zero-order valence-corrected chi connectivity index (χ0v) is 6.37. The van der Waals surface area contributed by atoms with Crippen LogP contribution in [0, 0.1) is 5.41 Å². The molecule has 0 aromatic rings. The second-order valence-corrected chi connectivity index (χ2v) is 2.33. The highest BCUT2D eigenvalue weighted by Gasteiger charge is 2.35. The predicted octanol–water partition coefficient (Wildman–Crippen LogP) is -2.30. The first-order valence-corrected chi connectivity index (χ1v) is 3.21. The molecule has 0 saturated carbocycles. The van der Waals surface area contributed by atoms with Crippen LogP contribution in [0.1, 0.15) is 0 Å². The van der Waals surface area contributed by atoms with Gasteiger partial charge in [-0.1, -0.05) is 0 Å². The fraction of sp³-hybridized carbons (Fsp3) is 0.833. The van der Waals surface area contributed by atoms with Gasteiger partial charge in [0.05, 0.1) is 19.8 Å². The summed E-state index contributed by atoms with van der Waals surface area (Å²) in [5, 5.41) is 28.3. The van der Waals surface area contributed by atoms with Gasteiger partial charge in [-0.25, -0.2) is 0 Å². The van der Waals surface area contributed by atoms with Crippen molar-refractivity contribution in [1.82, 2.24) is 5.32 Å². The summed E-state index contributed by atoms with van der Waals surface area (Å²) in [5.41, 5.74) is -1.45. The Hall–Kier alpha value is -0.650. The van der Waals surface area contributed by atoms with E-state index in [4.69, 9.17) is 15.3 Å². The summed E-state index contributed by atoms with van der Waals surface area (Å²) in [5.74, 6) is -0.565. The molecular weight excluding hydrogens is 150 g/mol. The molecule has 0 radical (unpaired) electrons. The summed E-state index contributed by atoms with van der Waals surface area (Å²) in [6.07, 6.45) is 0. The van der Waals surface area contributed by atoms with Gasteiger partial charge in [0.25, 0.3) is 0 Å². The number of carbonyl (C=O) groups excluding carboxylic acids is 1. The fourth-order valence-electron chi connectivity index (χ4n) is 0.631. The minimum atomic E-state index is -1.45. The molecule has 11 heavy (non-hydrogen) atoms. The maximum absolute atomic E-state index is 10.9. The van der Waals surface area contributed by atoms with Crippen molar-refractivity contribution in [1.29, 1.82) is 0 Å². The lowest BCUT2D eigenvalue weighted by atomic mass is 9.90. The third kappa shape index (κ3) is 1.89. The van der Waals surface area contributed by atoms with E-state index in [1.54, 1.807) is 0 Å². The van der Waals surface area contributed by atoms with Gasteiger partial charge in [0.15, 0.2) is 0 Å². The fourth-order valence-corrected chi connectivity index (χ4v) is 0.631. The van der Waals surface area contributed by atoms with Gasteiger partial charge in [-0.2, -0.15) is 0 Å². The first-order valence-electron chi connectivity index (χ1n) is 3.21. The van der Waals surface area contributed by atoms with E-state index in [9.17, 15) is 4.79 Å². The molecule has 5 nitrogen and oxygen atoms in total. The normalized spacial score (nSPS) is 11.3. The van der Waals surface area contributed by atoms with Crippen LogP contribution in [-0.4, -0.2) is 48.1 Å². The number of amides is 1. The number of aliphatic hydroxyl groups excluding tert-OH is 3. The quantitative estimate of drug-likeness (QED) is 0.375. The SMILES string of the molecule is CNC(=O)C(CO)(CO)CO. The second-order valence-electron chi connectivity index (χ2n) is 2.33. The standard InChI is InChI=1S/C6H13NO4/c1-7-5(11)6(2-8,3-9)4-10/h8-10H,2-4H2,1H3,(H,7,11). The van der Waals surface area contributed by atoms with E-state index in [0.29, 0.717) is 0 Å². The minimum absolute atomic E-state index is 0.565. The van der Waals surface area contributed by atoms with Crippen molar-refractivity contribution in [2.45, 2.75) is 0 Å². The molecule has 0 aromatic heterocycles. The largest absolute Gasteiger partial charge is 0.395 e. The molecule has 0 saturated heterocycles. The van der Waals surface area contributed by atoms with Crippen molar-refractivity contribution >= 4 is 5.91 Å². The molecule has 4 N–H and O–H groups in total. The van der Waals surface area contributed by atoms with Gasteiger partial charge >= 0.3 is 0 Å². The number of hydrogen-bond acceptors (Lipinski definition) is 4. The van der Waals surface area contributed by atoms with E-state index < -0.39 is 31.1 Å². The van der Waals surface area contributed by atoms with Crippen LogP contribution in [0.5, 0.6) is 0 Å². The lowest BCUT2D eigenvalue weighted by Gasteiger charge is -2.24. The van der Waals surface area contributed by atoms with Gasteiger partial charge in [-0.15, -0.1) is 0 Å². The molecule has 66 valence electrons. The Morgan fingerprint density at radius 2 is 1.64 bits per heavy atom. The van der Waals surface area contributed by atoms with Gasteiger partial charge in [-0.3, -0.25) is 4.79 Å². The summed E-state index contributed by atoms with van der Waals surface area (Å²) >= 11 is 0. The lowest BCUT2D eigenvalue weighted by Crippen LogP contribution is -2.47. The number of rotatable bonds is 4. The molecule has 0 heterocycles. The monoisotopic (exact) mass is 163 g/mol. The Morgan fingerprint density at radius 1 is 1.27 bits per heavy atom. The van der Waals surface area contributed by atoms with Gasteiger partial charge in [0.2, 0.25) is 5.91 Å². The average Bonchev–Trinajstić information content (AvgIpc) is 2.08. The first kappa shape index (κ1) is 10.3.